The molecule has 0 amide bonds. The highest BCUT2D eigenvalue weighted by atomic mass is 19.3. The molecule has 0 aromatic rings. The number of likely N-dealkylation sites (N-methyl/N-ethyl adjacent to an activating group) is 1. The molecule has 0 heterocycles. The fraction of sp³-hybridized carbons (Fsp3) is 1.00. The van der Waals surface area contributed by atoms with Gasteiger partial charge in [0.1, 0.15) is 0 Å². The van der Waals surface area contributed by atoms with Crippen LogP contribution in [0, 0.1) is 11.8 Å². The highest BCUT2D eigenvalue weighted by molar-refractivity contribution is 4.96. The monoisotopic (exact) mass is 232 g/mol. The second-order valence-corrected chi connectivity index (χ2v) is 5.31. The van der Waals surface area contributed by atoms with E-state index in [4.69, 9.17) is 0 Å². The van der Waals surface area contributed by atoms with Crippen molar-refractivity contribution >= 4 is 0 Å². The number of rotatable bonds is 8. The van der Waals surface area contributed by atoms with Gasteiger partial charge in [-0.1, -0.05) is 0 Å². The van der Waals surface area contributed by atoms with Gasteiger partial charge in [0, 0.05) is 19.1 Å². The molecule has 0 aromatic carbocycles. The summed E-state index contributed by atoms with van der Waals surface area (Å²) in [6.45, 7) is 1.46. The fourth-order valence-electron chi connectivity index (χ4n) is 2.38. The van der Waals surface area contributed by atoms with Crippen LogP contribution < -0.4 is 5.32 Å². The van der Waals surface area contributed by atoms with E-state index in [1.807, 2.05) is 0 Å². The second-order valence-electron chi connectivity index (χ2n) is 5.31. The van der Waals surface area contributed by atoms with Gasteiger partial charge in [-0.3, -0.25) is 4.90 Å². The van der Waals surface area contributed by atoms with Crippen molar-refractivity contribution in [3.63, 3.8) is 0 Å². The minimum atomic E-state index is -2.22. The Bertz CT molecular complexity index is 203. The molecule has 0 aliphatic heterocycles. The SMILES string of the molecule is CN(CCNC(C1CC1)C1CC1)CC(F)F. The molecular weight excluding hydrogens is 210 g/mol. The molecule has 0 saturated heterocycles. The second kappa shape index (κ2) is 5.41. The number of hydrogen-bond acceptors (Lipinski definition) is 2. The molecule has 0 unspecified atom stereocenters. The number of nitrogens with zero attached hydrogens (tertiary/aromatic N) is 1. The lowest BCUT2D eigenvalue weighted by Gasteiger charge is -2.21. The Hall–Kier alpha value is -0.220. The summed E-state index contributed by atoms with van der Waals surface area (Å²) in [6.07, 6.45) is 3.23. The zero-order valence-electron chi connectivity index (χ0n) is 9.96. The van der Waals surface area contributed by atoms with Crippen molar-refractivity contribution < 1.29 is 8.78 Å². The van der Waals surface area contributed by atoms with E-state index < -0.39 is 6.43 Å². The van der Waals surface area contributed by atoms with Crippen LogP contribution in [0.2, 0.25) is 0 Å². The maximum absolute atomic E-state index is 12.1. The van der Waals surface area contributed by atoms with E-state index in [2.05, 4.69) is 5.32 Å². The predicted octanol–water partition coefficient (Wildman–Crippen LogP) is 1.96. The first-order valence-electron chi connectivity index (χ1n) is 6.37. The van der Waals surface area contributed by atoms with Crippen LogP contribution in [0.1, 0.15) is 25.7 Å². The summed E-state index contributed by atoms with van der Waals surface area (Å²) in [5, 5.41) is 3.56. The van der Waals surface area contributed by atoms with E-state index in [-0.39, 0.29) is 6.54 Å². The smallest absolute Gasteiger partial charge is 0.251 e. The van der Waals surface area contributed by atoms with Crippen LogP contribution in [-0.2, 0) is 0 Å². The van der Waals surface area contributed by atoms with Crippen molar-refractivity contribution in [2.24, 2.45) is 11.8 Å². The Morgan fingerprint density at radius 3 is 2.19 bits per heavy atom. The molecule has 2 saturated carbocycles. The van der Waals surface area contributed by atoms with Crippen LogP contribution in [0.4, 0.5) is 8.78 Å². The molecule has 2 aliphatic carbocycles. The van der Waals surface area contributed by atoms with Crippen molar-refractivity contribution in [2.75, 3.05) is 26.7 Å². The number of alkyl halides is 2. The zero-order chi connectivity index (χ0) is 11.5. The molecule has 16 heavy (non-hydrogen) atoms. The first-order chi connectivity index (χ1) is 7.66. The quantitative estimate of drug-likeness (QED) is 0.688. The first-order valence-corrected chi connectivity index (χ1v) is 6.37. The Kier molecular flexibility index (Phi) is 4.14. The van der Waals surface area contributed by atoms with Crippen LogP contribution in [0.5, 0.6) is 0 Å². The summed E-state index contributed by atoms with van der Waals surface area (Å²) in [6, 6.07) is 0.681. The Morgan fingerprint density at radius 2 is 1.75 bits per heavy atom. The van der Waals surface area contributed by atoms with Crippen molar-refractivity contribution in [2.45, 2.75) is 38.2 Å². The highest BCUT2D eigenvalue weighted by Crippen LogP contribution is 2.44. The Balaban J connectivity index is 1.58. The molecule has 2 aliphatic rings. The van der Waals surface area contributed by atoms with Gasteiger partial charge in [0.25, 0.3) is 6.43 Å². The molecule has 0 aromatic heterocycles. The molecular formula is C12H22F2N2. The third-order valence-electron chi connectivity index (χ3n) is 3.58. The van der Waals surface area contributed by atoms with Crippen LogP contribution >= 0.6 is 0 Å². The van der Waals surface area contributed by atoms with Gasteiger partial charge in [0.2, 0.25) is 0 Å². The summed E-state index contributed by atoms with van der Waals surface area (Å²) in [7, 11) is 1.76. The molecule has 0 radical (unpaired) electrons. The van der Waals surface area contributed by atoms with E-state index >= 15 is 0 Å². The molecule has 94 valence electrons. The molecule has 2 nitrogen and oxygen atoms in total. The summed E-state index contributed by atoms with van der Waals surface area (Å²) in [5.74, 6) is 1.76. The van der Waals surface area contributed by atoms with Gasteiger partial charge in [0.05, 0.1) is 6.54 Å². The lowest BCUT2D eigenvalue weighted by Crippen LogP contribution is -2.39. The largest absolute Gasteiger partial charge is 0.312 e. The molecule has 4 heteroatoms. The van der Waals surface area contributed by atoms with Crippen molar-refractivity contribution in [3.8, 4) is 0 Å². The maximum atomic E-state index is 12.1. The van der Waals surface area contributed by atoms with Crippen LogP contribution in [0.25, 0.3) is 0 Å². The highest BCUT2D eigenvalue weighted by Gasteiger charge is 2.40. The lowest BCUT2D eigenvalue weighted by molar-refractivity contribution is 0.100. The zero-order valence-corrected chi connectivity index (χ0v) is 9.96. The van der Waals surface area contributed by atoms with Gasteiger partial charge in [-0.15, -0.1) is 0 Å². The molecule has 0 bridgehead atoms. The maximum Gasteiger partial charge on any atom is 0.251 e. The van der Waals surface area contributed by atoms with Gasteiger partial charge < -0.3 is 5.32 Å². The van der Waals surface area contributed by atoms with Gasteiger partial charge in [0.15, 0.2) is 0 Å². The Labute approximate surface area is 96.4 Å². The predicted molar refractivity (Wildman–Crippen MR) is 60.7 cm³/mol. The van der Waals surface area contributed by atoms with Crippen molar-refractivity contribution in [3.05, 3.63) is 0 Å². The van der Waals surface area contributed by atoms with Crippen LogP contribution in [0.15, 0.2) is 0 Å². The first kappa shape index (κ1) is 12.2. The van der Waals surface area contributed by atoms with E-state index in [9.17, 15) is 8.78 Å². The van der Waals surface area contributed by atoms with E-state index in [0.29, 0.717) is 6.04 Å². The Morgan fingerprint density at radius 1 is 1.19 bits per heavy atom. The molecule has 1 N–H and O–H groups in total. The molecule has 0 atom stereocenters. The number of halogens is 2. The molecule has 0 spiro atoms. The topological polar surface area (TPSA) is 15.3 Å². The number of hydrogen-bond donors (Lipinski definition) is 1. The summed E-state index contributed by atoms with van der Waals surface area (Å²) in [5.41, 5.74) is 0. The van der Waals surface area contributed by atoms with E-state index in [1.165, 1.54) is 25.7 Å². The van der Waals surface area contributed by atoms with Crippen molar-refractivity contribution in [1.29, 1.82) is 0 Å². The summed E-state index contributed by atoms with van der Waals surface area (Å²) < 4.78 is 24.2. The third-order valence-corrected chi connectivity index (χ3v) is 3.58. The van der Waals surface area contributed by atoms with Crippen LogP contribution in [-0.4, -0.2) is 44.0 Å². The van der Waals surface area contributed by atoms with Gasteiger partial charge in [-0.05, 0) is 44.6 Å². The van der Waals surface area contributed by atoms with Gasteiger partial charge in [-0.2, -0.15) is 0 Å². The van der Waals surface area contributed by atoms with Crippen molar-refractivity contribution in [1.82, 2.24) is 10.2 Å². The average molecular weight is 232 g/mol. The van der Waals surface area contributed by atoms with Gasteiger partial charge >= 0.3 is 0 Å². The fourth-order valence-corrected chi connectivity index (χ4v) is 2.38. The number of nitrogens with one attached hydrogen (secondary N) is 1. The minimum Gasteiger partial charge on any atom is -0.312 e. The normalized spacial score (nSPS) is 21.4. The van der Waals surface area contributed by atoms with E-state index in [1.54, 1.807) is 11.9 Å². The van der Waals surface area contributed by atoms with Gasteiger partial charge in [-0.25, -0.2) is 8.78 Å². The molecule has 2 fully saturated rings. The average Bonchev–Trinajstić information content (AvgIpc) is 3.02. The minimum absolute atomic E-state index is 0.112. The molecule has 2 rings (SSSR count). The third kappa shape index (κ3) is 3.98. The summed E-state index contributed by atoms with van der Waals surface area (Å²) >= 11 is 0. The standard InChI is InChI=1S/C12H22F2N2/c1-16(8-11(13)14)7-6-15-12(9-2-3-9)10-4-5-10/h9-12,15H,2-8H2,1H3. The summed E-state index contributed by atoms with van der Waals surface area (Å²) in [4.78, 5) is 1.70. The van der Waals surface area contributed by atoms with Crippen LogP contribution in [0.3, 0.4) is 0 Å². The van der Waals surface area contributed by atoms with E-state index in [0.717, 1.165) is 24.9 Å². The lowest BCUT2D eigenvalue weighted by atomic mass is 10.1.